The molecular weight excluding hydrogens is 283 g/mol. The molecule has 0 aromatic rings. The molecular formula is C3H9F6LiO4P2. The van der Waals surface area contributed by atoms with Gasteiger partial charge in [-0.3, -0.25) is 13.6 Å². The molecule has 0 unspecified atom stereocenters. The van der Waals surface area contributed by atoms with E-state index in [1.807, 2.05) is 0 Å². The predicted molar refractivity (Wildman–Crippen MR) is 42.2 cm³/mol. The summed E-state index contributed by atoms with van der Waals surface area (Å²) in [5.41, 5.74) is 0. The third-order valence-corrected chi connectivity index (χ3v) is 2.01. The molecule has 0 bridgehead atoms. The maximum absolute atomic E-state index is 10.7. The summed E-state index contributed by atoms with van der Waals surface area (Å²) in [6, 6.07) is 0. The molecule has 0 atom stereocenters. The van der Waals surface area contributed by atoms with Crippen molar-refractivity contribution in [2.24, 2.45) is 0 Å². The van der Waals surface area contributed by atoms with Crippen molar-refractivity contribution in [2.75, 3.05) is 21.3 Å². The van der Waals surface area contributed by atoms with Gasteiger partial charge in [-0.05, 0) is 0 Å². The summed E-state index contributed by atoms with van der Waals surface area (Å²) < 4.78 is 82.9. The zero-order valence-electron chi connectivity index (χ0n) is 8.80. The van der Waals surface area contributed by atoms with Gasteiger partial charge in [0.2, 0.25) is 0 Å². The Morgan fingerprint density at radius 3 is 0.938 bits per heavy atom. The van der Waals surface area contributed by atoms with Gasteiger partial charge >= 0.3 is 59.7 Å². The number of hydrogen-bond donors (Lipinski definition) is 0. The first kappa shape index (κ1) is 21.9. The fourth-order valence-electron chi connectivity index (χ4n) is 0.224. The minimum Gasteiger partial charge on any atom is 1.00 e. The Balaban J connectivity index is -0.000000200. The second kappa shape index (κ2) is 5.57. The number of phosphoric ester groups is 1. The molecule has 16 heavy (non-hydrogen) atoms. The molecule has 0 aliphatic heterocycles. The molecule has 0 aliphatic rings. The minimum atomic E-state index is -10.7. The van der Waals surface area contributed by atoms with Crippen molar-refractivity contribution in [3.05, 3.63) is 0 Å². The van der Waals surface area contributed by atoms with E-state index in [1.165, 1.54) is 21.3 Å². The molecule has 0 heterocycles. The van der Waals surface area contributed by atoms with Gasteiger partial charge in [0.05, 0.1) is 0 Å². The smallest absolute Gasteiger partial charge is 1.00 e. The number of rotatable bonds is 3. The van der Waals surface area contributed by atoms with Crippen LogP contribution in [0.5, 0.6) is 0 Å². The summed E-state index contributed by atoms with van der Waals surface area (Å²) in [6.07, 6.45) is 0. The normalized spacial score (nSPS) is 16.1. The molecule has 98 valence electrons. The van der Waals surface area contributed by atoms with E-state index in [4.69, 9.17) is 0 Å². The fraction of sp³-hybridized carbons (Fsp3) is 1.00. The maximum atomic E-state index is 10.7. The summed E-state index contributed by atoms with van der Waals surface area (Å²) in [5.74, 6) is 0. The van der Waals surface area contributed by atoms with Gasteiger partial charge < -0.3 is 0 Å². The van der Waals surface area contributed by atoms with Crippen molar-refractivity contribution >= 4 is 15.6 Å². The van der Waals surface area contributed by atoms with Gasteiger partial charge in [-0.2, -0.15) is 0 Å². The van der Waals surface area contributed by atoms with E-state index < -0.39 is 15.6 Å². The Morgan fingerprint density at radius 2 is 0.938 bits per heavy atom. The average Bonchev–Trinajstić information content (AvgIpc) is 1.97. The third-order valence-electron chi connectivity index (χ3n) is 0.671. The van der Waals surface area contributed by atoms with E-state index in [0.717, 1.165) is 0 Å². The molecule has 0 saturated heterocycles. The molecule has 0 aliphatic carbocycles. The van der Waals surface area contributed by atoms with Crippen LogP contribution in [-0.4, -0.2) is 21.3 Å². The van der Waals surface area contributed by atoms with Gasteiger partial charge in [-0.1, -0.05) is 0 Å². The summed E-state index contributed by atoms with van der Waals surface area (Å²) in [5, 5.41) is 0. The molecule has 0 aromatic carbocycles. The van der Waals surface area contributed by atoms with Crippen LogP contribution in [0, 0.1) is 0 Å². The van der Waals surface area contributed by atoms with Crippen LogP contribution < -0.4 is 18.9 Å². The van der Waals surface area contributed by atoms with E-state index in [9.17, 15) is 29.7 Å². The predicted octanol–water partition coefficient (Wildman–Crippen LogP) is 1.42. The van der Waals surface area contributed by atoms with Crippen molar-refractivity contribution < 1.29 is 62.2 Å². The molecule has 4 nitrogen and oxygen atoms in total. The largest absolute Gasteiger partial charge is 1.00 e. The van der Waals surface area contributed by atoms with Crippen LogP contribution in [0.25, 0.3) is 0 Å². The van der Waals surface area contributed by atoms with Gasteiger partial charge in [0.1, 0.15) is 0 Å². The summed E-state index contributed by atoms with van der Waals surface area (Å²) in [6.45, 7) is 0. The molecule has 0 amide bonds. The van der Waals surface area contributed by atoms with Crippen molar-refractivity contribution in [3.63, 3.8) is 0 Å². The molecule has 13 heteroatoms. The quantitative estimate of drug-likeness (QED) is 0.448. The summed E-state index contributed by atoms with van der Waals surface area (Å²) >= 11 is 0. The van der Waals surface area contributed by atoms with Crippen LogP contribution >= 0.6 is 15.6 Å². The molecule has 0 N–H and O–H groups in total. The second-order valence-electron chi connectivity index (χ2n) is 1.95. The first-order valence-corrected chi connectivity index (χ1v) is 6.46. The van der Waals surface area contributed by atoms with Gasteiger partial charge in [0.15, 0.2) is 0 Å². The van der Waals surface area contributed by atoms with Crippen LogP contribution in [0.1, 0.15) is 0 Å². The summed E-state index contributed by atoms with van der Waals surface area (Å²) in [7, 11) is -10.0. The van der Waals surface area contributed by atoms with E-state index >= 15 is 0 Å². The van der Waals surface area contributed by atoms with Gasteiger partial charge in [-0.15, -0.1) is 0 Å². The molecule has 0 spiro atoms. The first-order valence-electron chi connectivity index (χ1n) is 2.97. The Hall–Kier alpha value is 0.717. The fourth-order valence-corrected chi connectivity index (χ4v) is 0.671. The number of phosphoric acid groups is 1. The molecule has 0 radical (unpaired) electrons. The van der Waals surface area contributed by atoms with Gasteiger partial charge in [-0.25, -0.2) is 4.57 Å². The van der Waals surface area contributed by atoms with Gasteiger partial charge in [0, 0.05) is 21.3 Å². The van der Waals surface area contributed by atoms with Crippen LogP contribution in [0.3, 0.4) is 0 Å². The topological polar surface area (TPSA) is 44.8 Å². The van der Waals surface area contributed by atoms with E-state index in [2.05, 4.69) is 13.6 Å². The molecule has 0 fully saturated rings. The van der Waals surface area contributed by atoms with Crippen LogP contribution in [0.4, 0.5) is 25.2 Å². The van der Waals surface area contributed by atoms with Crippen LogP contribution in [0.15, 0.2) is 0 Å². The number of halogens is 6. The summed E-state index contributed by atoms with van der Waals surface area (Å²) in [4.78, 5) is 0. The third kappa shape index (κ3) is 29.3. The molecule has 0 rings (SSSR count). The molecule has 0 saturated carbocycles. The van der Waals surface area contributed by atoms with Crippen LogP contribution in [-0.2, 0) is 18.1 Å². The van der Waals surface area contributed by atoms with Gasteiger partial charge in [0.25, 0.3) is 0 Å². The van der Waals surface area contributed by atoms with Crippen LogP contribution in [0.2, 0.25) is 0 Å². The average molecular weight is 292 g/mol. The number of hydrogen-bond acceptors (Lipinski definition) is 4. The monoisotopic (exact) mass is 292 g/mol. The standard InChI is InChI=1S/C3H9O4P.F6P.Li/c1-5-8(4,6-2)7-3;1-7(2,3,4,5)6;/h1-3H3;;/q;-1;+1. The van der Waals surface area contributed by atoms with Crippen molar-refractivity contribution in [2.45, 2.75) is 0 Å². The van der Waals surface area contributed by atoms with E-state index in [-0.39, 0.29) is 18.9 Å². The zero-order valence-corrected chi connectivity index (χ0v) is 10.6. The molecule has 0 aromatic heterocycles. The van der Waals surface area contributed by atoms with E-state index in [0.29, 0.717) is 0 Å². The SMILES string of the molecule is COP(=O)(OC)OC.F[P-](F)(F)(F)(F)F.[Li+]. The maximum Gasteiger partial charge on any atom is 1.00 e. The Morgan fingerprint density at radius 1 is 0.812 bits per heavy atom. The van der Waals surface area contributed by atoms with Crippen molar-refractivity contribution in [1.29, 1.82) is 0 Å². The zero-order chi connectivity index (χ0) is 13.0. The Bertz CT molecular complexity index is 219. The minimum absolute atomic E-state index is 0. The first-order chi connectivity index (χ1) is 6.13. The van der Waals surface area contributed by atoms with Crippen molar-refractivity contribution in [1.82, 2.24) is 0 Å². The Kier molecular flexibility index (Phi) is 7.64. The Labute approximate surface area is 99.6 Å². The second-order valence-corrected chi connectivity index (χ2v) is 5.86. The van der Waals surface area contributed by atoms with E-state index in [1.54, 1.807) is 0 Å². The van der Waals surface area contributed by atoms with Crippen molar-refractivity contribution in [3.8, 4) is 0 Å².